The Labute approximate surface area is 116 Å². The van der Waals surface area contributed by atoms with E-state index in [4.69, 9.17) is 4.74 Å². The van der Waals surface area contributed by atoms with Crippen LogP contribution < -0.4 is 4.74 Å². The first kappa shape index (κ1) is 14.1. The minimum atomic E-state index is -0.656. The van der Waals surface area contributed by atoms with E-state index in [1.807, 2.05) is 6.92 Å². The van der Waals surface area contributed by atoms with Crippen LogP contribution >= 0.6 is 0 Å². The highest BCUT2D eigenvalue weighted by atomic mass is 19.1. The molecular formula is C15H15FN2O2. The standard InChI is InChI=1S/C15H15FN2O2/c1-4-12-11(8-9(2)17-18-12)15(19)10-6-5-7-13(20-3)14(10)16/h5-8H,4H2,1-3H3. The molecule has 4 nitrogen and oxygen atoms in total. The van der Waals surface area contributed by atoms with E-state index in [1.165, 1.54) is 19.2 Å². The van der Waals surface area contributed by atoms with E-state index >= 15 is 0 Å². The summed E-state index contributed by atoms with van der Waals surface area (Å²) >= 11 is 0. The fourth-order valence-corrected chi connectivity index (χ4v) is 1.96. The highest BCUT2D eigenvalue weighted by Crippen LogP contribution is 2.23. The van der Waals surface area contributed by atoms with Gasteiger partial charge in [0.1, 0.15) is 0 Å². The zero-order valence-corrected chi connectivity index (χ0v) is 11.6. The predicted octanol–water partition coefficient (Wildman–Crippen LogP) is 2.73. The number of ether oxygens (including phenoxy) is 1. The number of aryl methyl sites for hydroxylation is 2. The minimum absolute atomic E-state index is 0.0218. The Kier molecular flexibility index (Phi) is 4.08. The molecule has 0 aliphatic rings. The summed E-state index contributed by atoms with van der Waals surface area (Å²) in [6, 6.07) is 6.13. The number of hydrogen-bond acceptors (Lipinski definition) is 4. The van der Waals surface area contributed by atoms with Crippen molar-refractivity contribution in [1.29, 1.82) is 0 Å². The Bertz CT molecular complexity index is 656. The molecule has 0 aliphatic carbocycles. The average molecular weight is 274 g/mol. The Morgan fingerprint density at radius 1 is 1.30 bits per heavy atom. The zero-order valence-electron chi connectivity index (χ0n) is 11.6. The highest BCUT2D eigenvalue weighted by Gasteiger charge is 2.20. The molecule has 0 spiro atoms. The Morgan fingerprint density at radius 2 is 2.05 bits per heavy atom. The van der Waals surface area contributed by atoms with Crippen LogP contribution in [0.15, 0.2) is 24.3 Å². The van der Waals surface area contributed by atoms with Crippen LogP contribution in [-0.4, -0.2) is 23.1 Å². The van der Waals surface area contributed by atoms with Crippen LogP contribution in [0.4, 0.5) is 4.39 Å². The van der Waals surface area contributed by atoms with Gasteiger partial charge in [-0.1, -0.05) is 13.0 Å². The molecule has 20 heavy (non-hydrogen) atoms. The molecule has 1 aromatic heterocycles. The maximum Gasteiger partial charge on any atom is 0.198 e. The molecule has 1 heterocycles. The van der Waals surface area contributed by atoms with E-state index < -0.39 is 11.6 Å². The molecule has 104 valence electrons. The van der Waals surface area contributed by atoms with Crippen molar-refractivity contribution >= 4 is 5.78 Å². The van der Waals surface area contributed by atoms with E-state index in [2.05, 4.69) is 10.2 Å². The molecule has 1 aromatic carbocycles. The van der Waals surface area contributed by atoms with Crippen molar-refractivity contribution < 1.29 is 13.9 Å². The van der Waals surface area contributed by atoms with Crippen molar-refractivity contribution in [3.8, 4) is 5.75 Å². The number of halogens is 1. The van der Waals surface area contributed by atoms with Gasteiger partial charge in [-0.2, -0.15) is 10.2 Å². The number of carbonyl (C=O) groups excluding carboxylic acids is 1. The number of ketones is 1. The Hall–Kier alpha value is -2.30. The summed E-state index contributed by atoms with van der Waals surface area (Å²) < 4.78 is 19.1. The second-order valence-electron chi connectivity index (χ2n) is 4.35. The fourth-order valence-electron chi connectivity index (χ4n) is 1.96. The monoisotopic (exact) mass is 274 g/mol. The van der Waals surface area contributed by atoms with Gasteiger partial charge in [-0.05, 0) is 31.5 Å². The molecule has 0 saturated heterocycles. The van der Waals surface area contributed by atoms with E-state index in [0.29, 0.717) is 23.4 Å². The van der Waals surface area contributed by atoms with Crippen molar-refractivity contribution in [2.24, 2.45) is 0 Å². The second kappa shape index (κ2) is 5.77. The van der Waals surface area contributed by atoms with Crippen molar-refractivity contribution in [1.82, 2.24) is 10.2 Å². The maximum atomic E-state index is 14.2. The summed E-state index contributed by atoms with van der Waals surface area (Å²) in [7, 11) is 1.36. The van der Waals surface area contributed by atoms with E-state index in [9.17, 15) is 9.18 Å². The van der Waals surface area contributed by atoms with Crippen molar-refractivity contribution in [3.63, 3.8) is 0 Å². The lowest BCUT2D eigenvalue weighted by molar-refractivity contribution is 0.103. The molecule has 0 bridgehead atoms. The summed E-state index contributed by atoms with van der Waals surface area (Å²) in [6.07, 6.45) is 0.555. The van der Waals surface area contributed by atoms with Crippen LogP contribution in [-0.2, 0) is 6.42 Å². The Balaban J connectivity index is 2.54. The fraction of sp³-hybridized carbons (Fsp3) is 0.267. The van der Waals surface area contributed by atoms with Gasteiger partial charge in [0.15, 0.2) is 17.3 Å². The summed E-state index contributed by atoms with van der Waals surface area (Å²) in [5.74, 6) is -1.01. The van der Waals surface area contributed by atoms with Gasteiger partial charge in [0.2, 0.25) is 0 Å². The first-order valence-corrected chi connectivity index (χ1v) is 6.28. The minimum Gasteiger partial charge on any atom is -0.494 e. The second-order valence-corrected chi connectivity index (χ2v) is 4.35. The topological polar surface area (TPSA) is 52.1 Å². The lowest BCUT2D eigenvalue weighted by Gasteiger charge is -2.09. The lowest BCUT2D eigenvalue weighted by atomic mass is 10.00. The molecule has 0 aliphatic heterocycles. The largest absolute Gasteiger partial charge is 0.494 e. The molecule has 2 aromatic rings. The maximum absolute atomic E-state index is 14.2. The summed E-state index contributed by atoms with van der Waals surface area (Å²) in [5.41, 5.74) is 1.54. The van der Waals surface area contributed by atoms with Gasteiger partial charge in [0.25, 0.3) is 0 Å². The van der Waals surface area contributed by atoms with Gasteiger partial charge in [0.05, 0.1) is 24.1 Å². The van der Waals surface area contributed by atoms with Crippen LogP contribution in [0.5, 0.6) is 5.75 Å². The van der Waals surface area contributed by atoms with Crippen LogP contribution in [0.2, 0.25) is 0 Å². The van der Waals surface area contributed by atoms with Gasteiger partial charge in [0, 0.05) is 5.56 Å². The van der Waals surface area contributed by atoms with Crippen molar-refractivity contribution in [3.05, 3.63) is 52.6 Å². The highest BCUT2D eigenvalue weighted by molar-refractivity contribution is 6.10. The number of hydrogen-bond donors (Lipinski definition) is 0. The van der Waals surface area contributed by atoms with Gasteiger partial charge in [-0.3, -0.25) is 4.79 Å². The zero-order chi connectivity index (χ0) is 14.7. The molecule has 0 atom stereocenters. The molecule has 2 rings (SSSR count). The van der Waals surface area contributed by atoms with Crippen LogP contribution in [0, 0.1) is 12.7 Å². The number of aromatic nitrogens is 2. The van der Waals surface area contributed by atoms with Crippen LogP contribution in [0.1, 0.15) is 34.2 Å². The summed E-state index contributed by atoms with van der Waals surface area (Å²) in [5, 5.41) is 7.91. The number of benzene rings is 1. The molecule has 5 heteroatoms. The summed E-state index contributed by atoms with van der Waals surface area (Å²) in [6.45, 7) is 3.61. The van der Waals surface area contributed by atoms with Crippen molar-refractivity contribution in [2.45, 2.75) is 20.3 Å². The normalized spacial score (nSPS) is 10.4. The molecule has 0 unspecified atom stereocenters. The number of methoxy groups -OCH3 is 1. The first-order valence-electron chi connectivity index (χ1n) is 6.28. The third kappa shape index (κ3) is 2.52. The van der Waals surface area contributed by atoms with Gasteiger partial charge in [-0.25, -0.2) is 4.39 Å². The lowest BCUT2D eigenvalue weighted by Crippen LogP contribution is -2.11. The average Bonchev–Trinajstić information content (AvgIpc) is 2.46. The van der Waals surface area contributed by atoms with Crippen molar-refractivity contribution in [2.75, 3.05) is 7.11 Å². The third-order valence-electron chi connectivity index (χ3n) is 3.00. The molecular weight excluding hydrogens is 259 g/mol. The molecule has 0 saturated carbocycles. The Morgan fingerprint density at radius 3 is 2.70 bits per heavy atom. The molecule has 0 radical (unpaired) electrons. The number of rotatable bonds is 4. The van der Waals surface area contributed by atoms with E-state index in [-0.39, 0.29) is 11.3 Å². The molecule has 0 fully saturated rings. The quantitative estimate of drug-likeness (QED) is 0.804. The van der Waals surface area contributed by atoms with Crippen LogP contribution in [0.3, 0.4) is 0 Å². The third-order valence-corrected chi connectivity index (χ3v) is 3.00. The number of nitrogens with zero attached hydrogens (tertiary/aromatic N) is 2. The SMILES string of the molecule is CCc1nnc(C)cc1C(=O)c1cccc(OC)c1F. The summed E-state index contributed by atoms with van der Waals surface area (Å²) in [4.78, 5) is 12.5. The van der Waals surface area contributed by atoms with Gasteiger partial charge < -0.3 is 4.74 Å². The smallest absolute Gasteiger partial charge is 0.198 e. The van der Waals surface area contributed by atoms with E-state index in [1.54, 1.807) is 19.1 Å². The molecule has 0 N–H and O–H groups in total. The molecule has 0 amide bonds. The predicted molar refractivity (Wildman–Crippen MR) is 72.5 cm³/mol. The van der Waals surface area contributed by atoms with Gasteiger partial charge >= 0.3 is 0 Å². The number of carbonyl (C=O) groups is 1. The van der Waals surface area contributed by atoms with Crippen LogP contribution in [0.25, 0.3) is 0 Å². The van der Waals surface area contributed by atoms with Gasteiger partial charge in [-0.15, -0.1) is 0 Å². The van der Waals surface area contributed by atoms with E-state index in [0.717, 1.165) is 0 Å². The first-order chi connectivity index (χ1) is 9.58.